The van der Waals surface area contributed by atoms with Crippen molar-refractivity contribution in [1.29, 1.82) is 0 Å². The Bertz CT molecular complexity index is 352. The van der Waals surface area contributed by atoms with Crippen LogP contribution in [-0.2, 0) is 5.88 Å². The number of rotatable bonds is 5. The number of benzene rings is 1. The number of carbonyl (C=O) groups excluding carboxylic acids is 1. The third-order valence-corrected chi connectivity index (χ3v) is 2.80. The molecule has 0 N–H and O–H groups in total. The molecule has 3 heteroatoms. The second kappa shape index (κ2) is 6.54. The zero-order chi connectivity index (χ0) is 12.0. The molecule has 16 heavy (non-hydrogen) atoms. The van der Waals surface area contributed by atoms with Crippen molar-refractivity contribution < 1.29 is 4.79 Å². The van der Waals surface area contributed by atoms with E-state index in [0.29, 0.717) is 5.88 Å². The fraction of sp³-hybridized carbons (Fsp3) is 0.462. The zero-order valence-corrected chi connectivity index (χ0v) is 10.6. The molecule has 0 fully saturated rings. The van der Waals surface area contributed by atoms with E-state index in [1.807, 2.05) is 36.1 Å². The van der Waals surface area contributed by atoms with Gasteiger partial charge in [0, 0.05) is 24.5 Å². The van der Waals surface area contributed by atoms with Crippen LogP contribution in [0.25, 0.3) is 0 Å². The van der Waals surface area contributed by atoms with Gasteiger partial charge in [0.25, 0.3) is 5.91 Å². The minimum Gasteiger partial charge on any atom is -0.339 e. The van der Waals surface area contributed by atoms with Crippen LogP contribution in [0.4, 0.5) is 0 Å². The van der Waals surface area contributed by atoms with Crippen molar-refractivity contribution in [1.82, 2.24) is 4.90 Å². The Labute approximate surface area is 102 Å². The van der Waals surface area contributed by atoms with E-state index in [2.05, 4.69) is 6.92 Å². The monoisotopic (exact) mass is 239 g/mol. The van der Waals surface area contributed by atoms with Gasteiger partial charge in [-0.15, -0.1) is 11.6 Å². The van der Waals surface area contributed by atoms with Gasteiger partial charge in [0.1, 0.15) is 0 Å². The fourth-order valence-corrected chi connectivity index (χ4v) is 1.81. The molecule has 2 nitrogen and oxygen atoms in total. The number of hydrogen-bond donors (Lipinski definition) is 0. The molecule has 0 spiro atoms. The Kier molecular flexibility index (Phi) is 5.33. The summed E-state index contributed by atoms with van der Waals surface area (Å²) >= 11 is 5.75. The van der Waals surface area contributed by atoms with Crippen LogP contribution in [0.1, 0.15) is 36.2 Å². The molecule has 0 saturated heterocycles. The second-order valence-electron chi connectivity index (χ2n) is 3.72. The molecule has 0 aliphatic rings. The molecule has 0 bridgehead atoms. The molecule has 88 valence electrons. The Morgan fingerprint density at radius 3 is 2.69 bits per heavy atom. The molecule has 1 amide bonds. The number of alkyl halides is 1. The third kappa shape index (κ3) is 3.24. The van der Waals surface area contributed by atoms with Crippen LogP contribution in [0.5, 0.6) is 0 Å². The van der Waals surface area contributed by atoms with Crippen molar-refractivity contribution >= 4 is 17.5 Å². The molecule has 1 aromatic rings. The smallest absolute Gasteiger partial charge is 0.253 e. The highest BCUT2D eigenvalue weighted by atomic mass is 35.5. The van der Waals surface area contributed by atoms with E-state index in [-0.39, 0.29) is 5.91 Å². The SMILES string of the molecule is CCCN(CC)C(=O)c1cccc(CCl)c1. The lowest BCUT2D eigenvalue weighted by atomic mass is 10.1. The summed E-state index contributed by atoms with van der Waals surface area (Å²) in [6, 6.07) is 7.52. The topological polar surface area (TPSA) is 20.3 Å². The Balaban J connectivity index is 2.85. The number of nitrogens with zero attached hydrogens (tertiary/aromatic N) is 1. The first-order valence-corrected chi connectivity index (χ1v) is 6.20. The van der Waals surface area contributed by atoms with Crippen molar-refractivity contribution in [3.63, 3.8) is 0 Å². The number of amides is 1. The second-order valence-corrected chi connectivity index (χ2v) is 3.99. The van der Waals surface area contributed by atoms with Gasteiger partial charge < -0.3 is 4.90 Å². The molecule has 0 unspecified atom stereocenters. The van der Waals surface area contributed by atoms with Gasteiger partial charge in [-0.2, -0.15) is 0 Å². The minimum absolute atomic E-state index is 0.0938. The van der Waals surface area contributed by atoms with Gasteiger partial charge in [0.2, 0.25) is 0 Å². The molecule has 0 aliphatic carbocycles. The van der Waals surface area contributed by atoms with Crippen molar-refractivity contribution in [2.75, 3.05) is 13.1 Å². The van der Waals surface area contributed by atoms with Gasteiger partial charge in [-0.1, -0.05) is 19.1 Å². The van der Waals surface area contributed by atoms with Gasteiger partial charge in [0.05, 0.1) is 0 Å². The van der Waals surface area contributed by atoms with Crippen LogP contribution in [-0.4, -0.2) is 23.9 Å². The molecule has 0 aromatic heterocycles. The largest absolute Gasteiger partial charge is 0.339 e. The summed E-state index contributed by atoms with van der Waals surface area (Å²) in [4.78, 5) is 14.0. The van der Waals surface area contributed by atoms with Gasteiger partial charge >= 0.3 is 0 Å². The van der Waals surface area contributed by atoms with Crippen LogP contribution in [0, 0.1) is 0 Å². The first-order valence-electron chi connectivity index (χ1n) is 5.67. The first kappa shape index (κ1) is 13.0. The van der Waals surface area contributed by atoms with Crippen LogP contribution < -0.4 is 0 Å². The highest BCUT2D eigenvalue weighted by Crippen LogP contribution is 2.10. The average Bonchev–Trinajstić information content (AvgIpc) is 2.35. The first-order chi connectivity index (χ1) is 7.72. The van der Waals surface area contributed by atoms with E-state index in [1.165, 1.54) is 0 Å². The van der Waals surface area contributed by atoms with Crippen LogP contribution in [0.2, 0.25) is 0 Å². The van der Waals surface area contributed by atoms with Crippen molar-refractivity contribution in [3.05, 3.63) is 35.4 Å². The highest BCUT2D eigenvalue weighted by molar-refractivity contribution is 6.17. The lowest BCUT2D eigenvalue weighted by molar-refractivity contribution is 0.0764. The van der Waals surface area contributed by atoms with E-state index in [0.717, 1.165) is 30.6 Å². The van der Waals surface area contributed by atoms with Crippen molar-refractivity contribution in [2.24, 2.45) is 0 Å². The summed E-state index contributed by atoms with van der Waals surface area (Å²) < 4.78 is 0. The molecule has 0 heterocycles. The molecule has 1 aromatic carbocycles. The average molecular weight is 240 g/mol. The van der Waals surface area contributed by atoms with E-state index < -0.39 is 0 Å². The Hall–Kier alpha value is -1.02. The van der Waals surface area contributed by atoms with Gasteiger partial charge in [-0.25, -0.2) is 0 Å². The van der Waals surface area contributed by atoms with Gasteiger partial charge in [-0.05, 0) is 31.0 Å². The van der Waals surface area contributed by atoms with E-state index in [1.54, 1.807) is 0 Å². The summed E-state index contributed by atoms with van der Waals surface area (Å²) in [5, 5.41) is 0. The highest BCUT2D eigenvalue weighted by Gasteiger charge is 2.12. The number of hydrogen-bond acceptors (Lipinski definition) is 1. The lowest BCUT2D eigenvalue weighted by Gasteiger charge is -2.20. The predicted octanol–water partition coefficient (Wildman–Crippen LogP) is 3.30. The van der Waals surface area contributed by atoms with Crippen molar-refractivity contribution in [3.8, 4) is 0 Å². The summed E-state index contributed by atoms with van der Waals surface area (Å²) in [5.41, 5.74) is 1.72. The van der Waals surface area contributed by atoms with Crippen molar-refractivity contribution in [2.45, 2.75) is 26.1 Å². The molecule has 0 radical (unpaired) electrons. The van der Waals surface area contributed by atoms with Gasteiger partial charge in [-0.3, -0.25) is 4.79 Å². The Morgan fingerprint density at radius 2 is 2.12 bits per heavy atom. The quantitative estimate of drug-likeness (QED) is 0.722. The number of carbonyl (C=O) groups is 1. The van der Waals surface area contributed by atoms with Gasteiger partial charge in [0.15, 0.2) is 0 Å². The molecule has 0 aliphatic heterocycles. The van der Waals surface area contributed by atoms with E-state index in [9.17, 15) is 4.79 Å². The third-order valence-electron chi connectivity index (χ3n) is 2.49. The van der Waals surface area contributed by atoms with Crippen LogP contribution in [0.3, 0.4) is 0 Å². The maximum atomic E-state index is 12.1. The maximum Gasteiger partial charge on any atom is 0.253 e. The molecule has 0 atom stereocenters. The Morgan fingerprint density at radius 1 is 1.38 bits per heavy atom. The summed E-state index contributed by atoms with van der Waals surface area (Å²) in [7, 11) is 0. The fourth-order valence-electron chi connectivity index (χ4n) is 1.64. The van der Waals surface area contributed by atoms with E-state index >= 15 is 0 Å². The summed E-state index contributed by atoms with van der Waals surface area (Å²) in [6.45, 7) is 5.63. The summed E-state index contributed by atoms with van der Waals surface area (Å²) in [6.07, 6.45) is 0.981. The molecule has 0 saturated carbocycles. The van der Waals surface area contributed by atoms with Crippen LogP contribution in [0.15, 0.2) is 24.3 Å². The molecule has 1 rings (SSSR count). The lowest BCUT2D eigenvalue weighted by Crippen LogP contribution is -2.31. The maximum absolute atomic E-state index is 12.1. The zero-order valence-electron chi connectivity index (χ0n) is 9.87. The normalized spacial score (nSPS) is 10.2. The molecular weight excluding hydrogens is 222 g/mol. The standard InChI is InChI=1S/C13H18ClNO/c1-3-8-15(4-2)13(16)12-7-5-6-11(9-12)10-14/h5-7,9H,3-4,8,10H2,1-2H3. The van der Waals surface area contributed by atoms with E-state index in [4.69, 9.17) is 11.6 Å². The van der Waals surface area contributed by atoms with Crippen LogP contribution >= 0.6 is 11.6 Å². The number of halogens is 1. The minimum atomic E-state index is 0.0938. The predicted molar refractivity (Wildman–Crippen MR) is 67.9 cm³/mol. The molecular formula is C13H18ClNO. The summed E-state index contributed by atoms with van der Waals surface area (Å²) in [5.74, 6) is 0.539.